The fraction of sp³-hybridized carbons (Fsp3) is 0.357. The fourth-order valence-electron chi connectivity index (χ4n) is 7.13. The lowest BCUT2D eigenvalue weighted by molar-refractivity contribution is -0.00518. The van der Waals surface area contributed by atoms with Crippen molar-refractivity contribution in [1.82, 2.24) is 15.0 Å². The topological polar surface area (TPSA) is 117 Å². The average Bonchev–Trinajstić information content (AvgIpc) is 2.86. The average molecular weight is 485 g/mol. The van der Waals surface area contributed by atoms with Crippen molar-refractivity contribution < 1.29 is 9.90 Å². The van der Waals surface area contributed by atoms with Gasteiger partial charge in [-0.25, -0.2) is 14.8 Å². The molecule has 8 heteroatoms. The van der Waals surface area contributed by atoms with Crippen LogP contribution in [0, 0.1) is 17.8 Å². The number of nitrogens with one attached hydrogen (secondary N) is 2. The highest BCUT2D eigenvalue weighted by Crippen LogP contribution is 2.60. The summed E-state index contributed by atoms with van der Waals surface area (Å²) >= 11 is 0. The van der Waals surface area contributed by atoms with Gasteiger partial charge in [0.1, 0.15) is 5.56 Å². The van der Waals surface area contributed by atoms with E-state index in [9.17, 15) is 19.5 Å². The molecule has 3 aromatic rings. The zero-order chi connectivity index (χ0) is 24.9. The maximum Gasteiger partial charge on any atom is 0.335 e. The highest BCUT2D eigenvalue weighted by molar-refractivity contribution is 5.94. The van der Waals surface area contributed by atoms with E-state index in [1.54, 1.807) is 30.3 Å². The summed E-state index contributed by atoms with van der Waals surface area (Å²) in [6, 6.07) is 16.3. The lowest BCUT2D eigenvalue weighted by Gasteiger charge is -2.57. The molecule has 1 amide bonds. The predicted octanol–water partition coefficient (Wildman–Crippen LogP) is 3.46. The van der Waals surface area contributed by atoms with Gasteiger partial charge in [0.25, 0.3) is 11.5 Å². The number of carbonyl (C=O) groups excluding carboxylic acids is 1. The van der Waals surface area contributed by atoms with Crippen LogP contribution in [0.4, 0.5) is 0 Å². The minimum absolute atomic E-state index is 0.222. The molecule has 3 N–H and O–H groups in total. The molecule has 0 saturated heterocycles. The van der Waals surface area contributed by atoms with Crippen molar-refractivity contribution in [2.75, 3.05) is 0 Å². The summed E-state index contributed by atoms with van der Waals surface area (Å²) < 4.78 is 1.05. The predicted molar refractivity (Wildman–Crippen MR) is 136 cm³/mol. The highest BCUT2D eigenvalue weighted by Gasteiger charge is 2.51. The molecule has 36 heavy (non-hydrogen) atoms. The molecule has 4 aliphatic rings. The Morgan fingerprint density at radius 1 is 0.972 bits per heavy atom. The summed E-state index contributed by atoms with van der Waals surface area (Å²) in [5.74, 6) is 1.48. The van der Waals surface area contributed by atoms with Gasteiger partial charge in [0.05, 0.1) is 11.9 Å². The molecule has 0 unspecified atom stereocenters. The lowest BCUT2D eigenvalue weighted by atomic mass is 9.48. The van der Waals surface area contributed by atoms with Crippen molar-refractivity contribution in [3.8, 4) is 11.6 Å². The largest absolute Gasteiger partial charge is 0.493 e. The van der Waals surface area contributed by atoms with Crippen LogP contribution in [0.15, 0.2) is 69.3 Å². The number of H-pyrrole nitrogens is 1. The molecule has 4 bridgehead atoms. The number of aromatic nitrogens is 2. The van der Waals surface area contributed by atoms with Gasteiger partial charge in [-0.15, -0.1) is 0 Å². The molecule has 1 aromatic heterocycles. The van der Waals surface area contributed by atoms with Gasteiger partial charge in [0, 0.05) is 5.56 Å². The van der Waals surface area contributed by atoms with Crippen LogP contribution in [0.3, 0.4) is 0 Å². The van der Waals surface area contributed by atoms with E-state index in [0.717, 1.165) is 28.5 Å². The minimum atomic E-state index is -0.795. The second-order valence-electron chi connectivity index (χ2n) is 10.6. The first-order valence-electron chi connectivity index (χ1n) is 12.5. The minimum Gasteiger partial charge on any atom is -0.493 e. The number of aromatic hydroxyl groups is 1. The summed E-state index contributed by atoms with van der Waals surface area (Å²) in [6.07, 6.45) is 8.84. The highest BCUT2D eigenvalue weighted by atomic mass is 16.3. The van der Waals surface area contributed by atoms with E-state index < -0.39 is 23.0 Å². The fourth-order valence-corrected chi connectivity index (χ4v) is 7.13. The number of benzene rings is 2. The van der Waals surface area contributed by atoms with E-state index in [1.165, 1.54) is 44.1 Å². The van der Waals surface area contributed by atoms with Crippen molar-refractivity contribution in [2.24, 2.45) is 22.9 Å². The van der Waals surface area contributed by atoms with Gasteiger partial charge >= 0.3 is 5.69 Å². The Morgan fingerprint density at radius 3 is 2.19 bits per heavy atom. The molecule has 7 rings (SSSR count). The van der Waals surface area contributed by atoms with Crippen LogP contribution in [0.1, 0.15) is 60.0 Å². The number of rotatable bonds is 5. The van der Waals surface area contributed by atoms with Gasteiger partial charge in [-0.05, 0) is 91.5 Å². The van der Waals surface area contributed by atoms with Crippen molar-refractivity contribution in [3.63, 3.8) is 0 Å². The Morgan fingerprint density at radius 2 is 1.58 bits per heavy atom. The Kier molecular flexibility index (Phi) is 5.39. The van der Waals surface area contributed by atoms with Crippen LogP contribution in [-0.4, -0.2) is 26.8 Å². The van der Waals surface area contributed by atoms with Gasteiger partial charge in [-0.1, -0.05) is 30.3 Å². The molecular formula is C28H28N4O4. The van der Waals surface area contributed by atoms with Crippen molar-refractivity contribution in [2.45, 2.75) is 43.9 Å². The first-order chi connectivity index (χ1) is 17.4. The first-order valence-corrected chi connectivity index (χ1v) is 12.5. The summed E-state index contributed by atoms with van der Waals surface area (Å²) in [5, 5.41) is 14.6. The second-order valence-corrected chi connectivity index (χ2v) is 10.6. The van der Waals surface area contributed by atoms with Gasteiger partial charge in [0.2, 0.25) is 5.88 Å². The number of hydrazone groups is 1. The molecule has 4 fully saturated rings. The number of nitrogens with zero attached hydrogens (tertiary/aromatic N) is 2. The third-order valence-corrected chi connectivity index (χ3v) is 8.29. The SMILES string of the molecule is O=C(NN=Cc1c(O)n(-c2ccc(C34CC5CC(CC(C5)C3)C4)cc2)c(=O)[nH]c1=O)c1ccccc1. The van der Waals surface area contributed by atoms with Crippen molar-refractivity contribution in [1.29, 1.82) is 0 Å². The van der Waals surface area contributed by atoms with Crippen LogP contribution in [-0.2, 0) is 5.41 Å². The maximum atomic E-state index is 12.6. The first kappa shape index (κ1) is 22.5. The zero-order valence-electron chi connectivity index (χ0n) is 19.8. The van der Waals surface area contributed by atoms with Gasteiger partial charge in [-0.3, -0.25) is 14.6 Å². The second kappa shape index (κ2) is 8.62. The van der Waals surface area contributed by atoms with Crippen LogP contribution in [0.25, 0.3) is 5.69 Å². The Bertz CT molecular complexity index is 1420. The quantitative estimate of drug-likeness (QED) is 0.380. The molecule has 8 nitrogen and oxygen atoms in total. The molecule has 184 valence electrons. The Balaban J connectivity index is 1.27. The molecule has 0 spiro atoms. The van der Waals surface area contributed by atoms with E-state index in [4.69, 9.17) is 0 Å². The van der Waals surface area contributed by atoms with E-state index in [-0.39, 0.29) is 11.0 Å². The van der Waals surface area contributed by atoms with Crippen LogP contribution in [0.5, 0.6) is 5.88 Å². The summed E-state index contributed by atoms with van der Waals surface area (Å²) in [6.45, 7) is 0. The summed E-state index contributed by atoms with van der Waals surface area (Å²) in [5.41, 5.74) is 2.93. The molecule has 1 heterocycles. The monoisotopic (exact) mass is 484 g/mol. The van der Waals surface area contributed by atoms with E-state index in [1.807, 2.05) is 12.1 Å². The van der Waals surface area contributed by atoms with Crippen LogP contribution >= 0.6 is 0 Å². The van der Waals surface area contributed by atoms with E-state index >= 15 is 0 Å². The van der Waals surface area contributed by atoms with Crippen LogP contribution in [0.2, 0.25) is 0 Å². The van der Waals surface area contributed by atoms with Gasteiger partial charge in [-0.2, -0.15) is 5.10 Å². The molecule has 4 aliphatic carbocycles. The summed E-state index contributed by atoms with van der Waals surface area (Å²) in [7, 11) is 0. The smallest absolute Gasteiger partial charge is 0.335 e. The Labute approximate surface area is 207 Å². The third kappa shape index (κ3) is 3.86. The molecule has 0 radical (unpaired) electrons. The number of hydrogen-bond donors (Lipinski definition) is 3. The molecular weight excluding hydrogens is 456 g/mol. The normalized spacial score (nSPS) is 26.4. The zero-order valence-corrected chi connectivity index (χ0v) is 19.8. The number of aromatic amines is 1. The molecule has 2 aromatic carbocycles. The summed E-state index contributed by atoms with van der Waals surface area (Å²) in [4.78, 5) is 39.4. The maximum absolute atomic E-state index is 12.6. The lowest BCUT2D eigenvalue weighted by Crippen LogP contribution is -2.48. The van der Waals surface area contributed by atoms with Gasteiger partial charge in [0.15, 0.2) is 0 Å². The molecule has 0 atom stereocenters. The van der Waals surface area contributed by atoms with Gasteiger partial charge < -0.3 is 5.11 Å². The van der Waals surface area contributed by atoms with E-state index in [0.29, 0.717) is 11.3 Å². The number of amides is 1. The third-order valence-electron chi connectivity index (χ3n) is 8.29. The number of hydrogen-bond acceptors (Lipinski definition) is 5. The van der Waals surface area contributed by atoms with Crippen molar-refractivity contribution >= 4 is 12.1 Å². The molecule has 0 aliphatic heterocycles. The molecule has 4 saturated carbocycles. The Hall–Kier alpha value is -3.94. The van der Waals surface area contributed by atoms with Crippen LogP contribution < -0.4 is 16.7 Å². The van der Waals surface area contributed by atoms with E-state index in [2.05, 4.69) is 27.6 Å². The van der Waals surface area contributed by atoms with Crippen molar-refractivity contribution in [3.05, 3.63) is 92.1 Å². The number of carbonyl (C=O) groups is 1. The standard InChI is InChI=1S/C28H28N4O4/c33-24(20-4-2-1-3-5-20)31-29-16-23-25(34)30-27(36)32(26(23)35)22-8-6-21(7-9-22)28-13-17-10-18(14-28)12-19(11-17)15-28/h1-9,16-19,35H,10-15H2,(H,31,33)(H,30,34,36).